The lowest BCUT2D eigenvalue weighted by molar-refractivity contribution is -0.113. The molecule has 5 nitrogen and oxygen atoms in total. The number of benzene rings is 2. The molecule has 2 aromatic carbocycles. The van der Waals surface area contributed by atoms with E-state index >= 15 is 0 Å². The second-order valence-corrected chi connectivity index (χ2v) is 7.13. The van der Waals surface area contributed by atoms with E-state index < -0.39 is 22.6 Å². The van der Waals surface area contributed by atoms with Crippen molar-refractivity contribution in [2.45, 2.75) is 24.8 Å². The normalized spacial score (nSPS) is 12.4. The number of fused-ring (bicyclic) bond motifs is 3. The summed E-state index contributed by atoms with van der Waals surface area (Å²) in [5.74, 6) is -0.0779. The van der Waals surface area contributed by atoms with E-state index in [1.807, 2.05) is 48.5 Å². The van der Waals surface area contributed by atoms with Gasteiger partial charge in [0.1, 0.15) is 6.61 Å². The predicted octanol–water partition coefficient (Wildman–Crippen LogP) is 4.20. The summed E-state index contributed by atoms with van der Waals surface area (Å²) in [4.78, 5) is 34.3. The zero-order valence-corrected chi connectivity index (χ0v) is 15.8. The molecule has 0 aromatic heterocycles. The first-order valence-corrected chi connectivity index (χ1v) is 9.19. The Morgan fingerprint density at radius 3 is 1.85 bits per heavy atom. The SMILES string of the molecule is O=C(Cl)CC(CC(=O)Cl)NC(=O)OCC1c2ccccc2-c2ccccc21. The molecule has 7 heteroatoms. The highest BCUT2D eigenvalue weighted by Gasteiger charge is 2.29. The van der Waals surface area contributed by atoms with E-state index in [9.17, 15) is 14.4 Å². The standard InChI is InChI=1S/C20H17Cl2NO4/c21-18(24)9-12(10-19(22)25)23-20(26)27-11-17-15-7-3-1-5-13(15)14-6-2-4-8-16(14)17/h1-8,12,17H,9-11H2,(H,23,26). The molecule has 0 saturated carbocycles. The van der Waals surface area contributed by atoms with Crippen molar-refractivity contribution >= 4 is 39.8 Å². The molecular weight excluding hydrogens is 389 g/mol. The molecule has 0 unspecified atom stereocenters. The predicted molar refractivity (Wildman–Crippen MR) is 103 cm³/mol. The number of halogens is 2. The molecule has 0 bridgehead atoms. The third-order valence-corrected chi connectivity index (χ3v) is 4.79. The van der Waals surface area contributed by atoms with E-state index in [-0.39, 0.29) is 25.4 Å². The minimum Gasteiger partial charge on any atom is -0.449 e. The van der Waals surface area contributed by atoms with E-state index in [0.29, 0.717) is 0 Å². The summed E-state index contributed by atoms with van der Waals surface area (Å²) in [7, 11) is 0. The highest BCUT2D eigenvalue weighted by atomic mass is 35.5. The summed E-state index contributed by atoms with van der Waals surface area (Å²) in [6.45, 7) is 0.135. The molecule has 1 aliphatic rings. The van der Waals surface area contributed by atoms with Gasteiger partial charge >= 0.3 is 6.09 Å². The number of hydrogen-bond donors (Lipinski definition) is 1. The van der Waals surface area contributed by atoms with Crippen LogP contribution in [-0.2, 0) is 14.3 Å². The summed E-state index contributed by atoms with van der Waals surface area (Å²) in [5, 5.41) is 1.14. The smallest absolute Gasteiger partial charge is 0.407 e. The molecule has 0 radical (unpaired) electrons. The third kappa shape index (κ3) is 4.67. The Bertz CT molecular complexity index is 822. The summed E-state index contributed by atoms with van der Waals surface area (Å²) < 4.78 is 5.37. The number of hydrogen-bond acceptors (Lipinski definition) is 4. The van der Waals surface area contributed by atoms with Crippen LogP contribution in [0.4, 0.5) is 4.79 Å². The minimum absolute atomic E-state index is 0.0779. The number of nitrogens with one attached hydrogen (secondary N) is 1. The average molecular weight is 406 g/mol. The Morgan fingerprint density at radius 1 is 0.889 bits per heavy atom. The van der Waals surface area contributed by atoms with Crippen LogP contribution in [0, 0.1) is 0 Å². The number of amides is 1. The summed E-state index contributed by atoms with van der Waals surface area (Å²) >= 11 is 10.7. The van der Waals surface area contributed by atoms with E-state index in [4.69, 9.17) is 27.9 Å². The lowest BCUT2D eigenvalue weighted by atomic mass is 9.98. The second kappa shape index (κ2) is 8.55. The van der Waals surface area contributed by atoms with Gasteiger partial charge in [-0.2, -0.15) is 0 Å². The van der Waals surface area contributed by atoms with Crippen LogP contribution in [0.25, 0.3) is 11.1 Å². The van der Waals surface area contributed by atoms with Gasteiger partial charge in [-0.15, -0.1) is 0 Å². The van der Waals surface area contributed by atoms with Crippen LogP contribution in [0.15, 0.2) is 48.5 Å². The topological polar surface area (TPSA) is 72.5 Å². The fourth-order valence-corrected chi connectivity index (χ4v) is 3.74. The highest BCUT2D eigenvalue weighted by Crippen LogP contribution is 2.44. The first-order chi connectivity index (χ1) is 13.0. The van der Waals surface area contributed by atoms with Gasteiger partial charge in [0.05, 0.1) is 0 Å². The lowest BCUT2D eigenvalue weighted by Crippen LogP contribution is -2.38. The lowest BCUT2D eigenvalue weighted by Gasteiger charge is -2.18. The van der Waals surface area contributed by atoms with Gasteiger partial charge in [-0.05, 0) is 45.5 Å². The maximum Gasteiger partial charge on any atom is 0.407 e. The molecule has 140 valence electrons. The van der Waals surface area contributed by atoms with Gasteiger partial charge < -0.3 is 10.1 Å². The Kier molecular flexibility index (Phi) is 6.14. The van der Waals surface area contributed by atoms with Gasteiger partial charge in [0.15, 0.2) is 0 Å². The Labute approximate surface area is 166 Å². The highest BCUT2D eigenvalue weighted by molar-refractivity contribution is 6.64. The van der Waals surface area contributed by atoms with Gasteiger partial charge in [0, 0.05) is 24.8 Å². The fraction of sp³-hybridized carbons (Fsp3) is 0.250. The zero-order chi connectivity index (χ0) is 19.4. The molecule has 0 spiro atoms. The van der Waals surface area contributed by atoms with Crippen LogP contribution >= 0.6 is 23.2 Å². The van der Waals surface area contributed by atoms with Gasteiger partial charge in [-0.25, -0.2) is 4.79 Å². The fourth-order valence-electron chi connectivity index (χ4n) is 3.37. The number of carbonyl (C=O) groups excluding carboxylic acids is 3. The molecule has 0 atom stereocenters. The summed E-state index contributed by atoms with van der Waals surface area (Å²) in [6, 6.07) is 15.2. The Balaban J connectivity index is 1.68. The molecule has 2 aromatic rings. The van der Waals surface area contributed by atoms with E-state index in [0.717, 1.165) is 22.3 Å². The van der Waals surface area contributed by atoms with Crippen LogP contribution < -0.4 is 5.32 Å². The van der Waals surface area contributed by atoms with Gasteiger partial charge in [0.25, 0.3) is 0 Å². The molecule has 1 aliphatic carbocycles. The number of alkyl carbamates (subject to hydrolysis) is 1. The van der Waals surface area contributed by atoms with E-state index in [1.54, 1.807) is 0 Å². The molecule has 1 amide bonds. The van der Waals surface area contributed by atoms with E-state index in [1.165, 1.54) is 0 Å². The van der Waals surface area contributed by atoms with E-state index in [2.05, 4.69) is 5.32 Å². The zero-order valence-electron chi connectivity index (χ0n) is 14.3. The van der Waals surface area contributed by atoms with Crippen LogP contribution in [0.2, 0.25) is 0 Å². The van der Waals surface area contributed by atoms with Crippen molar-refractivity contribution in [3.8, 4) is 11.1 Å². The van der Waals surface area contributed by atoms with Gasteiger partial charge in [-0.1, -0.05) is 48.5 Å². The largest absolute Gasteiger partial charge is 0.449 e. The van der Waals surface area contributed by atoms with Crippen molar-refractivity contribution in [3.63, 3.8) is 0 Å². The maximum absolute atomic E-state index is 12.2. The first kappa shape index (κ1) is 19.4. The third-order valence-electron chi connectivity index (χ3n) is 4.48. The van der Waals surface area contributed by atoms with Crippen LogP contribution in [0.1, 0.15) is 29.9 Å². The van der Waals surface area contributed by atoms with Crippen molar-refractivity contribution < 1.29 is 19.1 Å². The molecule has 3 rings (SSSR count). The van der Waals surface area contributed by atoms with Crippen molar-refractivity contribution in [2.75, 3.05) is 6.61 Å². The molecule has 0 fully saturated rings. The van der Waals surface area contributed by atoms with Crippen molar-refractivity contribution in [1.82, 2.24) is 5.32 Å². The maximum atomic E-state index is 12.2. The average Bonchev–Trinajstić information content (AvgIpc) is 2.93. The Morgan fingerprint density at radius 2 is 1.37 bits per heavy atom. The monoisotopic (exact) mass is 405 g/mol. The first-order valence-electron chi connectivity index (χ1n) is 8.44. The Hall–Kier alpha value is -2.37. The minimum atomic E-state index is -0.796. The molecule has 1 N–H and O–H groups in total. The molecule has 27 heavy (non-hydrogen) atoms. The quantitative estimate of drug-likeness (QED) is 0.700. The number of ether oxygens (including phenoxy) is 1. The van der Waals surface area contributed by atoms with Crippen molar-refractivity contribution in [3.05, 3.63) is 59.7 Å². The van der Waals surface area contributed by atoms with Crippen LogP contribution in [0.5, 0.6) is 0 Å². The molecular formula is C20H17Cl2NO4. The van der Waals surface area contributed by atoms with Crippen LogP contribution in [0.3, 0.4) is 0 Å². The molecule has 0 heterocycles. The molecule has 0 saturated heterocycles. The number of rotatable bonds is 7. The number of carbonyl (C=O) groups is 3. The van der Waals surface area contributed by atoms with Gasteiger partial charge in [0.2, 0.25) is 10.5 Å². The van der Waals surface area contributed by atoms with Crippen molar-refractivity contribution in [2.24, 2.45) is 0 Å². The second-order valence-electron chi connectivity index (χ2n) is 6.29. The van der Waals surface area contributed by atoms with Crippen molar-refractivity contribution in [1.29, 1.82) is 0 Å². The van der Waals surface area contributed by atoms with Gasteiger partial charge in [-0.3, -0.25) is 9.59 Å². The summed E-state index contributed by atoms with van der Waals surface area (Å²) in [6.07, 6.45) is -1.13. The molecule has 0 aliphatic heterocycles. The van der Waals surface area contributed by atoms with Crippen LogP contribution in [-0.4, -0.2) is 29.2 Å². The summed E-state index contributed by atoms with van der Waals surface area (Å²) in [5.41, 5.74) is 4.44.